The monoisotopic (exact) mass is 883 g/mol. The number of benzene rings is 3. The maximum atomic E-state index is 13.5. The van der Waals surface area contributed by atoms with Crippen LogP contribution >= 0.6 is 0 Å². The summed E-state index contributed by atoms with van der Waals surface area (Å²) in [7, 11) is 0. The van der Waals surface area contributed by atoms with Crippen molar-refractivity contribution in [2.45, 2.75) is 76.5 Å². The first-order valence-electron chi connectivity index (χ1n) is 22.5. The molecule has 1 saturated heterocycles. The van der Waals surface area contributed by atoms with E-state index < -0.39 is 11.9 Å². The van der Waals surface area contributed by atoms with Gasteiger partial charge in [0.25, 0.3) is 17.7 Å². The summed E-state index contributed by atoms with van der Waals surface area (Å²) >= 11 is 0. The van der Waals surface area contributed by atoms with Crippen molar-refractivity contribution >= 4 is 35.1 Å². The molecule has 2 atom stereocenters. The minimum atomic E-state index is -0.547. The Hall–Kier alpha value is -6.72. The van der Waals surface area contributed by atoms with E-state index in [2.05, 4.69) is 15.6 Å². The van der Waals surface area contributed by atoms with E-state index in [1.165, 1.54) is 0 Å². The SMILES string of the molecule is NC(=O)c1c(-c2ccc(Oc3ccccc3)cc2)nn2c1NCC[C@H]2C1CCN(C(=O)c2cn(CCOCCOCCCc3cccc4c3CN(C3CCC(=O)CC3=O)C4=O)nn2)CC1. The number of Topliss-reactive ketones (excluding diaryl/α,β-unsaturated/α-hetero) is 2. The Morgan fingerprint density at radius 1 is 0.846 bits per heavy atom. The fraction of sp³-hybridized carbons (Fsp3) is 0.417. The second-order valence-corrected chi connectivity index (χ2v) is 17.0. The summed E-state index contributed by atoms with van der Waals surface area (Å²) in [6.07, 6.45) is 6.17. The number of fused-ring (bicyclic) bond motifs is 2. The van der Waals surface area contributed by atoms with E-state index in [0.29, 0.717) is 106 Å². The van der Waals surface area contributed by atoms with Crippen molar-refractivity contribution in [1.29, 1.82) is 0 Å². The molecular formula is C48H53N9O8. The molecule has 0 spiro atoms. The van der Waals surface area contributed by atoms with Crippen molar-refractivity contribution in [3.05, 3.63) is 107 Å². The summed E-state index contributed by atoms with van der Waals surface area (Å²) in [6.45, 7) is 4.37. The molecule has 5 heterocycles. The van der Waals surface area contributed by atoms with Crippen molar-refractivity contribution in [3.8, 4) is 22.8 Å². The zero-order valence-corrected chi connectivity index (χ0v) is 36.2. The Kier molecular flexibility index (Phi) is 13.1. The molecule has 3 amide bonds. The molecule has 4 aliphatic rings. The molecule has 0 radical (unpaired) electrons. The first-order valence-corrected chi connectivity index (χ1v) is 22.5. The number of ketones is 2. The number of anilines is 1. The highest BCUT2D eigenvalue weighted by Gasteiger charge is 2.40. The minimum absolute atomic E-state index is 0.0360. The van der Waals surface area contributed by atoms with Crippen LogP contribution in [-0.2, 0) is 38.6 Å². The first-order chi connectivity index (χ1) is 31.7. The molecular weight excluding hydrogens is 831 g/mol. The quantitative estimate of drug-likeness (QED) is 0.0907. The van der Waals surface area contributed by atoms with Crippen molar-refractivity contribution in [3.63, 3.8) is 0 Å². The summed E-state index contributed by atoms with van der Waals surface area (Å²) in [6, 6.07) is 22.2. The van der Waals surface area contributed by atoms with E-state index in [9.17, 15) is 24.0 Å². The lowest BCUT2D eigenvalue weighted by molar-refractivity contribution is -0.133. The topological polar surface area (TPSA) is 206 Å². The molecule has 2 fully saturated rings. The Labute approximate surface area is 376 Å². The third-order valence-electron chi connectivity index (χ3n) is 12.9. The Bertz CT molecular complexity index is 2550. The third kappa shape index (κ3) is 9.56. The zero-order chi connectivity index (χ0) is 44.9. The van der Waals surface area contributed by atoms with Crippen molar-refractivity contribution in [1.82, 2.24) is 34.6 Å². The summed E-state index contributed by atoms with van der Waals surface area (Å²) in [4.78, 5) is 67.2. The van der Waals surface area contributed by atoms with Crippen LogP contribution in [0.4, 0.5) is 5.82 Å². The number of nitrogens with zero attached hydrogens (tertiary/aromatic N) is 7. The molecule has 1 saturated carbocycles. The third-order valence-corrected chi connectivity index (χ3v) is 12.9. The van der Waals surface area contributed by atoms with E-state index in [-0.39, 0.29) is 41.8 Å². The Morgan fingerprint density at radius 3 is 2.38 bits per heavy atom. The number of piperidine rings is 1. The molecule has 3 aromatic carbocycles. The van der Waals surface area contributed by atoms with Gasteiger partial charge in [0.1, 0.15) is 34.4 Å². The van der Waals surface area contributed by atoms with Gasteiger partial charge >= 0.3 is 0 Å². The predicted molar refractivity (Wildman–Crippen MR) is 237 cm³/mol. The highest BCUT2D eigenvalue weighted by molar-refractivity contribution is 6.07. The first kappa shape index (κ1) is 43.5. The average molecular weight is 884 g/mol. The van der Waals surface area contributed by atoms with Gasteiger partial charge in [0.05, 0.1) is 51.1 Å². The van der Waals surface area contributed by atoms with Gasteiger partial charge in [-0.3, -0.25) is 24.0 Å². The highest BCUT2D eigenvalue weighted by Crippen LogP contribution is 2.40. The molecule has 2 aromatic heterocycles. The van der Waals surface area contributed by atoms with E-state index in [4.69, 9.17) is 25.0 Å². The molecule has 17 nitrogen and oxygen atoms in total. The number of hydrogen-bond donors (Lipinski definition) is 2. The lowest BCUT2D eigenvalue weighted by Gasteiger charge is -2.38. The second-order valence-electron chi connectivity index (χ2n) is 17.0. The number of carbonyl (C=O) groups is 5. The van der Waals surface area contributed by atoms with Gasteiger partial charge in [-0.1, -0.05) is 35.5 Å². The molecule has 338 valence electrons. The van der Waals surface area contributed by atoms with Gasteiger partial charge in [-0.2, -0.15) is 5.10 Å². The van der Waals surface area contributed by atoms with Crippen molar-refractivity contribution in [2.24, 2.45) is 11.7 Å². The number of likely N-dealkylation sites (tertiary alicyclic amines) is 1. The van der Waals surface area contributed by atoms with E-state index >= 15 is 0 Å². The number of nitrogens with one attached hydrogen (secondary N) is 1. The Balaban J connectivity index is 0.694. The number of amides is 3. The zero-order valence-electron chi connectivity index (χ0n) is 36.2. The van der Waals surface area contributed by atoms with Gasteiger partial charge in [0.2, 0.25) is 0 Å². The largest absolute Gasteiger partial charge is 0.457 e. The molecule has 1 aliphatic carbocycles. The van der Waals surface area contributed by atoms with Crippen LogP contribution in [0.15, 0.2) is 79.0 Å². The average Bonchev–Trinajstić information content (AvgIpc) is 4.05. The number of ether oxygens (including phenoxy) is 3. The van der Waals surface area contributed by atoms with Crippen LogP contribution < -0.4 is 15.8 Å². The summed E-state index contributed by atoms with van der Waals surface area (Å²) in [5.74, 6) is 1.21. The van der Waals surface area contributed by atoms with Gasteiger partial charge < -0.3 is 35.1 Å². The summed E-state index contributed by atoms with van der Waals surface area (Å²) in [5, 5.41) is 16.7. The number of rotatable bonds is 17. The van der Waals surface area contributed by atoms with Gasteiger partial charge in [-0.15, -0.1) is 5.10 Å². The van der Waals surface area contributed by atoms with Crippen LogP contribution in [0.5, 0.6) is 11.5 Å². The number of aromatic nitrogens is 5. The molecule has 0 bridgehead atoms. The summed E-state index contributed by atoms with van der Waals surface area (Å²) in [5.41, 5.74) is 10.6. The number of carbonyl (C=O) groups excluding carboxylic acids is 5. The lowest BCUT2D eigenvalue weighted by Crippen LogP contribution is -2.44. The number of hydrogen-bond acceptors (Lipinski definition) is 12. The molecule has 3 N–H and O–H groups in total. The molecule has 17 heteroatoms. The normalized spacial score (nSPS) is 18.7. The molecule has 65 heavy (non-hydrogen) atoms. The fourth-order valence-corrected chi connectivity index (χ4v) is 9.57. The predicted octanol–water partition coefficient (Wildman–Crippen LogP) is 5.25. The smallest absolute Gasteiger partial charge is 0.276 e. The maximum absolute atomic E-state index is 13.5. The van der Waals surface area contributed by atoms with Crippen molar-refractivity contribution in [2.75, 3.05) is 51.4 Å². The number of para-hydroxylation sites is 1. The van der Waals surface area contributed by atoms with Crippen LogP contribution in [0.2, 0.25) is 0 Å². The fourth-order valence-electron chi connectivity index (χ4n) is 9.57. The van der Waals surface area contributed by atoms with Crippen LogP contribution in [-0.4, -0.2) is 116 Å². The maximum Gasteiger partial charge on any atom is 0.276 e. The molecule has 1 unspecified atom stereocenters. The minimum Gasteiger partial charge on any atom is -0.457 e. The molecule has 9 rings (SSSR count). The van der Waals surface area contributed by atoms with Gasteiger partial charge in [0.15, 0.2) is 11.5 Å². The van der Waals surface area contributed by atoms with E-state index in [1.54, 1.807) is 15.8 Å². The van der Waals surface area contributed by atoms with Crippen molar-refractivity contribution < 1.29 is 38.2 Å². The number of aryl methyl sites for hydroxylation is 1. The molecule has 5 aromatic rings. The van der Waals surface area contributed by atoms with Gasteiger partial charge in [0, 0.05) is 50.3 Å². The van der Waals surface area contributed by atoms with E-state index in [0.717, 1.165) is 54.5 Å². The van der Waals surface area contributed by atoms with Crippen LogP contribution in [0.25, 0.3) is 11.3 Å². The Morgan fingerprint density at radius 2 is 1.62 bits per heavy atom. The van der Waals surface area contributed by atoms with Crippen LogP contribution in [0.3, 0.4) is 0 Å². The highest BCUT2D eigenvalue weighted by atomic mass is 16.5. The standard InChI is InChI=1S/C48H53N9O8/c49-45(60)43-44(33-11-14-36(15-12-33)65-35-8-2-1-3-9-35)52-57-40(17-20-50-46(43)57)32-18-21-54(22-19-32)48(62)39-30-55(53-51-39)23-25-64-27-26-63-24-5-7-31-6-4-10-37-38(31)29-56(47(37)61)41-16-13-34(58)28-42(41)59/h1-4,6,8-12,14-15,30,32,40-41,50H,5,7,13,16-29H2,(H2,49,60)/t40-,41?/m0/s1. The van der Waals surface area contributed by atoms with Gasteiger partial charge in [-0.05, 0) is 98.0 Å². The number of nitrogens with two attached hydrogens (primary N) is 1. The van der Waals surface area contributed by atoms with Crippen LogP contribution in [0, 0.1) is 5.92 Å². The summed E-state index contributed by atoms with van der Waals surface area (Å²) < 4.78 is 21.1. The number of primary amides is 1. The van der Waals surface area contributed by atoms with Gasteiger partial charge in [-0.25, -0.2) is 9.36 Å². The van der Waals surface area contributed by atoms with E-state index in [1.807, 2.05) is 82.4 Å². The van der Waals surface area contributed by atoms with Crippen LogP contribution in [0.1, 0.15) is 93.3 Å². The lowest BCUT2D eigenvalue weighted by atomic mass is 9.86. The molecule has 3 aliphatic heterocycles. The second kappa shape index (κ2) is 19.6.